The van der Waals surface area contributed by atoms with Gasteiger partial charge in [0.2, 0.25) is 0 Å². The predicted molar refractivity (Wildman–Crippen MR) is 68.5 cm³/mol. The van der Waals surface area contributed by atoms with Crippen LogP contribution in [-0.2, 0) is 4.74 Å². The molecule has 88 valence electrons. The van der Waals surface area contributed by atoms with Gasteiger partial charge in [0.25, 0.3) is 0 Å². The Morgan fingerprint density at radius 1 is 1.62 bits per heavy atom. The number of aliphatic hydroxyl groups is 1. The third kappa shape index (κ3) is 2.80. The molecule has 6 heteroatoms. The van der Waals surface area contributed by atoms with Crippen LogP contribution >= 0.6 is 22.6 Å². The number of hydrogen-bond acceptors (Lipinski definition) is 5. The van der Waals surface area contributed by atoms with Crippen LogP contribution in [0.2, 0.25) is 0 Å². The van der Waals surface area contributed by atoms with Gasteiger partial charge in [-0.3, -0.25) is 0 Å². The van der Waals surface area contributed by atoms with Crippen molar-refractivity contribution in [3.8, 4) is 0 Å². The average molecular weight is 335 g/mol. The van der Waals surface area contributed by atoms with Gasteiger partial charge < -0.3 is 14.7 Å². The van der Waals surface area contributed by atoms with Crippen molar-refractivity contribution >= 4 is 28.4 Å². The van der Waals surface area contributed by atoms with Crippen LogP contribution in [0.3, 0.4) is 0 Å². The highest BCUT2D eigenvalue weighted by molar-refractivity contribution is 14.1. The van der Waals surface area contributed by atoms with E-state index in [9.17, 15) is 0 Å². The van der Waals surface area contributed by atoms with Crippen LogP contribution in [0.4, 0.5) is 5.82 Å². The van der Waals surface area contributed by atoms with E-state index in [0.717, 1.165) is 21.9 Å². The average Bonchev–Trinajstić information content (AvgIpc) is 2.28. The second-order valence-electron chi connectivity index (χ2n) is 3.72. The third-order valence-electron chi connectivity index (χ3n) is 2.46. The molecule has 1 fully saturated rings. The second kappa shape index (κ2) is 5.24. The molecular formula is C10H14IN3O2. The van der Waals surface area contributed by atoms with E-state index in [0.29, 0.717) is 13.2 Å². The van der Waals surface area contributed by atoms with E-state index >= 15 is 0 Å². The van der Waals surface area contributed by atoms with Crippen molar-refractivity contribution in [1.29, 1.82) is 0 Å². The highest BCUT2D eigenvalue weighted by Crippen LogP contribution is 2.17. The molecule has 2 heterocycles. The highest BCUT2D eigenvalue weighted by atomic mass is 127. The van der Waals surface area contributed by atoms with Crippen LogP contribution in [-0.4, -0.2) is 47.5 Å². The van der Waals surface area contributed by atoms with Crippen molar-refractivity contribution in [2.45, 2.75) is 13.0 Å². The Morgan fingerprint density at radius 3 is 3.12 bits per heavy atom. The minimum atomic E-state index is -0.110. The molecule has 0 unspecified atom stereocenters. The van der Waals surface area contributed by atoms with Gasteiger partial charge >= 0.3 is 0 Å². The fourth-order valence-electron chi connectivity index (χ4n) is 1.72. The van der Waals surface area contributed by atoms with Gasteiger partial charge in [-0.05, 0) is 29.5 Å². The Labute approximate surface area is 108 Å². The summed E-state index contributed by atoms with van der Waals surface area (Å²) in [6.45, 7) is 4.06. The van der Waals surface area contributed by atoms with Crippen molar-refractivity contribution in [3.63, 3.8) is 0 Å². The van der Waals surface area contributed by atoms with E-state index < -0.39 is 0 Å². The topological polar surface area (TPSA) is 58.5 Å². The van der Waals surface area contributed by atoms with Gasteiger partial charge in [0.15, 0.2) is 0 Å². The molecule has 1 atom stereocenters. The van der Waals surface area contributed by atoms with E-state index in [1.165, 1.54) is 0 Å². The minimum absolute atomic E-state index is 0.0532. The SMILES string of the molecule is Cc1nc(I)cc(N2CCO[C@H](CO)C2)n1. The molecule has 1 aromatic rings. The minimum Gasteiger partial charge on any atom is -0.394 e. The molecular weight excluding hydrogens is 321 g/mol. The third-order valence-corrected chi connectivity index (χ3v) is 3.01. The summed E-state index contributed by atoms with van der Waals surface area (Å²) >= 11 is 2.18. The fourth-order valence-corrected chi connectivity index (χ4v) is 2.34. The number of rotatable bonds is 2. The number of aryl methyl sites for hydroxylation is 1. The number of aliphatic hydroxyl groups excluding tert-OH is 1. The lowest BCUT2D eigenvalue weighted by Gasteiger charge is -2.32. The Morgan fingerprint density at radius 2 is 2.44 bits per heavy atom. The zero-order valence-corrected chi connectivity index (χ0v) is 11.2. The Balaban J connectivity index is 2.16. The zero-order valence-electron chi connectivity index (χ0n) is 9.06. The number of halogens is 1. The summed E-state index contributed by atoms with van der Waals surface area (Å²) in [6.07, 6.45) is -0.110. The van der Waals surface area contributed by atoms with Crippen molar-refractivity contribution < 1.29 is 9.84 Å². The van der Waals surface area contributed by atoms with Gasteiger partial charge in [-0.1, -0.05) is 0 Å². The Kier molecular flexibility index (Phi) is 3.93. The van der Waals surface area contributed by atoms with Crippen LogP contribution in [0.1, 0.15) is 5.82 Å². The van der Waals surface area contributed by atoms with Gasteiger partial charge in [0.1, 0.15) is 15.3 Å². The molecule has 0 bridgehead atoms. The molecule has 16 heavy (non-hydrogen) atoms. The van der Waals surface area contributed by atoms with Gasteiger partial charge in [0.05, 0.1) is 19.3 Å². The standard InChI is InChI=1S/C10H14IN3O2/c1-7-12-9(11)4-10(13-7)14-2-3-16-8(5-14)6-15/h4,8,15H,2-3,5-6H2,1H3/t8-/m0/s1. The largest absolute Gasteiger partial charge is 0.394 e. The number of hydrogen-bond donors (Lipinski definition) is 1. The zero-order chi connectivity index (χ0) is 11.5. The summed E-state index contributed by atoms with van der Waals surface area (Å²) in [5.41, 5.74) is 0. The molecule has 5 nitrogen and oxygen atoms in total. The molecule has 0 radical (unpaired) electrons. The molecule has 1 saturated heterocycles. The molecule has 0 aliphatic carbocycles. The van der Waals surface area contributed by atoms with Crippen LogP contribution in [0.25, 0.3) is 0 Å². The van der Waals surface area contributed by atoms with Gasteiger partial charge in [-0.15, -0.1) is 0 Å². The quantitative estimate of drug-likeness (QED) is 0.633. The summed E-state index contributed by atoms with van der Waals surface area (Å²) < 4.78 is 6.34. The van der Waals surface area contributed by atoms with E-state index in [4.69, 9.17) is 9.84 Å². The summed E-state index contributed by atoms with van der Waals surface area (Å²) in [7, 11) is 0. The fraction of sp³-hybridized carbons (Fsp3) is 0.600. The summed E-state index contributed by atoms with van der Waals surface area (Å²) in [5.74, 6) is 1.69. The predicted octanol–water partition coefficient (Wildman–Crippen LogP) is 0.587. The number of aromatic nitrogens is 2. The van der Waals surface area contributed by atoms with Gasteiger partial charge in [0, 0.05) is 19.2 Å². The second-order valence-corrected chi connectivity index (χ2v) is 4.82. The maximum Gasteiger partial charge on any atom is 0.133 e. The number of morpholine rings is 1. The van der Waals surface area contributed by atoms with Crippen molar-refractivity contribution in [3.05, 3.63) is 15.6 Å². The highest BCUT2D eigenvalue weighted by Gasteiger charge is 2.21. The van der Waals surface area contributed by atoms with E-state index in [1.807, 2.05) is 13.0 Å². The lowest BCUT2D eigenvalue weighted by molar-refractivity contribution is 0.00334. The van der Waals surface area contributed by atoms with E-state index in [2.05, 4.69) is 37.5 Å². The monoisotopic (exact) mass is 335 g/mol. The molecule has 1 aliphatic rings. The lowest BCUT2D eigenvalue weighted by Crippen LogP contribution is -2.44. The Bertz CT molecular complexity index is 355. The summed E-state index contributed by atoms with van der Waals surface area (Å²) in [6, 6.07) is 1.95. The van der Waals surface area contributed by atoms with Crippen molar-refractivity contribution in [1.82, 2.24) is 9.97 Å². The molecule has 1 N–H and O–H groups in total. The number of nitrogens with zero attached hydrogens (tertiary/aromatic N) is 3. The summed E-state index contributed by atoms with van der Waals surface area (Å²) in [5, 5.41) is 9.08. The number of anilines is 1. The lowest BCUT2D eigenvalue weighted by atomic mass is 10.3. The first-order chi connectivity index (χ1) is 7.69. The molecule has 0 saturated carbocycles. The number of ether oxygens (including phenoxy) is 1. The van der Waals surface area contributed by atoms with Crippen molar-refractivity contribution in [2.24, 2.45) is 0 Å². The molecule has 2 rings (SSSR count). The van der Waals surface area contributed by atoms with E-state index in [-0.39, 0.29) is 12.7 Å². The first-order valence-electron chi connectivity index (χ1n) is 5.17. The van der Waals surface area contributed by atoms with Crippen LogP contribution in [0.5, 0.6) is 0 Å². The normalized spacial score (nSPS) is 21.2. The molecule has 0 aromatic carbocycles. The van der Waals surface area contributed by atoms with Gasteiger partial charge in [-0.25, -0.2) is 9.97 Å². The van der Waals surface area contributed by atoms with Crippen LogP contribution in [0, 0.1) is 10.6 Å². The molecule has 0 amide bonds. The maximum atomic E-state index is 9.08. The van der Waals surface area contributed by atoms with Crippen molar-refractivity contribution in [2.75, 3.05) is 31.2 Å². The summed E-state index contributed by atoms with van der Waals surface area (Å²) in [4.78, 5) is 10.8. The molecule has 1 aromatic heterocycles. The first kappa shape index (κ1) is 12.0. The molecule has 1 aliphatic heterocycles. The molecule has 0 spiro atoms. The van der Waals surface area contributed by atoms with Crippen LogP contribution < -0.4 is 4.90 Å². The van der Waals surface area contributed by atoms with Crippen LogP contribution in [0.15, 0.2) is 6.07 Å². The maximum absolute atomic E-state index is 9.08. The van der Waals surface area contributed by atoms with E-state index in [1.54, 1.807) is 0 Å². The Hall–Kier alpha value is -0.470. The first-order valence-corrected chi connectivity index (χ1v) is 6.25. The smallest absolute Gasteiger partial charge is 0.133 e. The van der Waals surface area contributed by atoms with Gasteiger partial charge in [-0.2, -0.15) is 0 Å².